The molecule has 0 spiro atoms. The van der Waals surface area contributed by atoms with Crippen molar-refractivity contribution in [1.29, 1.82) is 0 Å². The van der Waals surface area contributed by atoms with E-state index < -0.39 is 0 Å². The summed E-state index contributed by atoms with van der Waals surface area (Å²) in [6.07, 6.45) is 0. The van der Waals surface area contributed by atoms with Gasteiger partial charge in [0.25, 0.3) is 0 Å². The summed E-state index contributed by atoms with van der Waals surface area (Å²) in [5, 5.41) is 18.7. The Hall–Kier alpha value is -1.89. The molecule has 2 heterocycles. The Bertz CT molecular complexity index is 653. The molecule has 2 rings (SSSR count). The monoisotopic (exact) mass is 308 g/mol. The van der Waals surface area contributed by atoms with Crippen molar-refractivity contribution in [3.8, 4) is 0 Å². The van der Waals surface area contributed by atoms with Crippen LogP contribution >= 0.6 is 11.3 Å². The Balaban J connectivity index is 2.31. The molecule has 0 aliphatic carbocycles. The fraction of sp³-hybridized carbons (Fsp3) is 0.500. The van der Waals surface area contributed by atoms with Crippen molar-refractivity contribution < 1.29 is 4.92 Å². The van der Waals surface area contributed by atoms with Gasteiger partial charge in [-0.25, -0.2) is 4.68 Å². The van der Waals surface area contributed by atoms with Crippen molar-refractivity contribution in [2.24, 2.45) is 0 Å². The molecule has 0 atom stereocenters. The lowest BCUT2D eigenvalue weighted by molar-refractivity contribution is -0.384. The zero-order chi connectivity index (χ0) is 15.7. The van der Waals surface area contributed by atoms with E-state index in [4.69, 9.17) is 0 Å². The predicted molar refractivity (Wildman–Crippen MR) is 85.1 cm³/mol. The SMILES string of the molecule is Cc1cc(CNc2c([N+](=O)[O-])c(C)nn2C(C)C)sc1C. The Morgan fingerprint density at radius 2 is 2.10 bits per heavy atom. The lowest BCUT2D eigenvalue weighted by Gasteiger charge is -2.11. The van der Waals surface area contributed by atoms with Crippen LogP contribution < -0.4 is 5.32 Å². The zero-order valence-electron chi connectivity index (χ0n) is 12.9. The number of aryl methyl sites for hydroxylation is 3. The minimum atomic E-state index is -0.367. The van der Waals surface area contributed by atoms with Gasteiger partial charge in [0.05, 0.1) is 11.5 Å². The first-order chi connectivity index (χ1) is 9.81. The Morgan fingerprint density at radius 3 is 2.57 bits per heavy atom. The maximum absolute atomic E-state index is 11.3. The summed E-state index contributed by atoms with van der Waals surface area (Å²) in [5.74, 6) is 0.483. The summed E-state index contributed by atoms with van der Waals surface area (Å²) in [4.78, 5) is 13.3. The van der Waals surface area contributed by atoms with Gasteiger partial charge in [-0.05, 0) is 46.2 Å². The van der Waals surface area contributed by atoms with Crippen LogP contribution in [0.3, 0.4) is 0 Å². The van der Waals surface area contributed by atoms with E-state index in [9.17, 15) is 10.1 Å². The van der Waals surface area contributed by atoms with Gasteiger partial charge in [-0.1, -0.05) is 0 Å². The van der Waals surface area contributed by atoms with E-state index in [1.165, 1.54) is 10.4 Å². The first kappa shape index (κ1) is 15.5. The van der Waals surface area contributed by atoms with Crippen LogP contribution in [-0.4, -0.2) is 14.7 Å². The van der Waals surface area contributed by atoms with Crippen LogP contribution in [0.1, 0.15) is 40.9 Å². The third-order valence-electron chi connectivity index (χ3n) is 3.37. The van der Waals surface area contributed by atoms with Crippen LogP contribution in [0.15, 0.2) is 6.07 Å². The van der Waals surface area contributed by atoms with Crippen LogP contribution in [0.4, 0.5) is 11.5 Å². The predicted octanol–water partition coefficient (Wildman–Crippen LogP) is 3.97. The third kappa shape index (κ3) is 3.07. The summed E-state index contributed by atoms with van der Waals surface area (Å²) >= 11 is 1.71. The quantitative estimate of drug-likeness (QED) is 0.670. The maximum atomic E-state index is 11.3. The molecule has 0 unspecified atom stereocenters. The molecule has 21 heavy (non-hydrogen) atoms. The average Bonchev–Trinajstić information content (AvgIpc) is 2.87. The molecule has 0 saturated carbocycles. The van der Waals surface area contributed by atoms with E-state index in [0.29, 0.717) is 18.1 Å². The van der Waals surface area contributed by atoms with Gasteiger partial charge in [-0.2, -0.15) is 5.10 Å². The smallest absolute Gasteiger partial charge is 0.333 e. The van der Waals surface area contributed by atoms with Gasteiger partial charge in [0, 0.05) is 15.8 Å². The number of nitro groups is 1. The molecule has 2 aromatic heterocycles. The van der Waals surface area contributed by atoms with Crippen LogP contribution in [0.2, 0.25) is 0 Å². The Kier molecular flexibility index (Phi) is 4.32. The standard InChI is InChI=1S/C14H20N4O2S/c1-8(2)17-14(13(18(19)20)10(4)16-17)15-7-12-6-9(3)11(5)21-12/h6,8,15H,7H2,1-5H3. The molecule has 7 heteroatoms. The third-order valence-corrected chi connectivity index (χ3v) is 4.53. The number of hydrogen-bond acceptors (Lipinski definition) is 5. The number of nitrogens with one attached hydrogen (secondary N) is 1. The number of nitrogens with zero attached hydrogens (tertiary/aromatic N) is 3. The molecule has 0 aliphatic rings. The fourth-order valence-electron chi connectivity index (χ4n) is 2.20. The lowest BCUT2D eigenvalue weighted by Crippen LogP contribution is -2.10. The molecular formula is C14H20N4O2S. The van der Waals surface area contributed by atoms with Crippen LogP contribution in [0.25, 0.3) is 0 Å². The zero-order valence-corrected chi connectivity index (χ0v) is 13.7. The molecule has 114 valence electrons. The van der Waals surface area contributed by atoms with Crippen molar-refractivity contribution in [2.75, 3.05) is 5.32 Å². The van der Waals surface area contributed by atoms with E-state index in [2.05, 4.69) is 30.3 Å². The van der Waals surface area contributed by atoms with Gasteiger partial charge >= 0.3 is 5.69 Å². The molecule has 0 aliphatic heterocycles. The fourth-order valence-corrected chi connectivity index (χ4v) is 3.20. The normalized spacial score (nSPS) is 11.1. The molecule has 0 aromatic carbocycles. The second-order valence-corrected chi connectivity index (χ2v) is 6.72. The summed E-state index contributed by atoms with van der Waals surface area (Å²) in [6.45, 7) is 10.3. The number of anilines is 1. The molecule has 6 nitrogen and oxygen atoms in total. The number of thiophene rings is 1. The van der Waals surface area contributed by atoms with Gasteiger partial charge < -0.3 is 5.32 Å². The highest BCUT2D eigenvalue weighted by atomic mass is 32.1. The molecule has 2 aromatic rings. The molecule has 0 radical (unpaired) electrons. The van der Waals surface area contributed by atoms with Crippen molar-refractivity contribution in [1.82, 2.24) is 9.78 Å². The number of aromatic nitrogens is 2. The highest BCUT2D eigenvalue weighted by Gasteiger charge is 2.26. The Labute approximate surface area is 127 Å². The average molecular weight is 308 g/mol. The molecule has 0 amide bonds. The van der Waals surface area contributed by atoms with Crippen molar-refractivity contribution in [3.63, 3.8) is 0 Å². The van der Waals surface area contributed by atoms with Crippen molar-refractivity contribution in [2.45, 2.75) is 47.2 Å². The minimum absolute atomic E-state index is 0.0618. The minimum Gasteiger partial charge on any atom is -0.360 e. The highest BCUT2D eigenvalue weighted by molar-refractivity contribution is 7.12. The van der Waals surface area contributed by atoms with Crippen LogP contribution in [0, 0.1) is 30.9 Å². The van der Waals surface area contributed by atoms with Crippen molar-refractivity contribution >= 4 is 22.8 Å². The van der Waals surface area contributed by atoms with Crippen LogP contribution in [0.5, 0.6) is 0 Å². The van der Waals surface area contributed by atoms with E-state index in [1.54, 1.807) is 22.9 Å². The first-order valence-electron chi connectivity index (χ1n) is 6.84. The summed E-state index contributed by atoms with van der Waals surface area (Å²) < 4.78 is 1.68. The first-order valence-corrected chi connectivity index (χ1v) is 7.66. The van der Waals surface area contributed by atoms with E-state index in [1.807, 2.05) is 13.8 Å². The topological polar surface area (TPSA) is 73.0 Å². The maximum Gasteiger partial charge on any atom is 0.333 e. The van der Waals surface area contributed by atoms with Gasteiger partial charge in [-0.15, -0.1) is 11.3 Å². The summed E-state index contributed by atoms with van der Waals surface area (Å²) in [6, 6.07) is 2.17. The highest BCUT2D eigenvalue weighted by Crippen LogP contribution is 2.31. The van der Waals surface area contributed by atoms with Gasteiger partial charge in [0.2, 0.25) is 5.82 Å². The summed E-state index contributed by atoms with van der Waals surface area (Å²) in [7, 11) is 0. The van der Waals surface area contributed by atoms with Gasteiger partial charge in [0.1, 0.15) is 5.69 Å². The molecule has 0 bridgehead atoms. The van der Waals surface area contributed by atoms with Crippen LogP contribution in [-0.2, 0) is 6.54 Å². The lowest BCUT2D eigenvalue weighted by atomic mass is 10.3. The molecule has 0 saturated heterocycles. The molecule has 0 fully saturated rings. The van der Waals surface area contributed by atoms with E-state index in [0.717, 1.165) is 4.88 Å². The number of rotatable bonds is 5. The van der Waals surface area contributed by atoms with Gasteiger partial charge in [-0.3, -0.25) is 10.1 Å². The van der Waals surface area contributed by atoms with E-state index in [-0.39, 0.29) is 16.7 Å². The second-order valence-electron chi connectivity index (χ2n) is 5.38. The van der Waals surface area contributed by atoms with Gasteiger partial charge in [0.15, 0.2) is 0 Å². The van der Waals surface area contributed by atoms with Crippen molar-refractivity contribution in [3.05, 3.63) is 37.2 Å². The molecular weight excluding hydrogens is 288 g/mol. The second kappa shape index (κ2) is 5.85. The number of hydrogen-bond donors (Lipinski definition) is 1. The van der Waals surface area contributed by atoms with E-state index >= 15 is 0 Å². The largest absolute Gasteiger partial charge is 0.360 e. The molecule has 1 N–H and O–H groups in total. The summed E-state index contributed by atoms with van der Waals surface area (Å²) in [5.41, 5.74) is 1.75. The Morgan fingerprint density at radius 1 is 1.43 bits per heavy atom.